The van der Waals surface area contributed by atoms with Crippen molar-refractivity contribution >= 4 is 58.0 Å². The standard InChI is InChI=1S/C35H38N4O5.3H2S/c1-24-20-39(25(2)23-40)35(42)30-10-7-11-31(37-34(41)27-16-18-36-19-17-27)33(30)44-32(24)22-38(3)21-26-12-14-29(15-13-26)43-28-8-5-4-6-9-28;;;/h4-19,24-25,32,40H,20-23H2,1-3H3,(H,37,41);3*1H2/t24-,25-,32+;;;/m0.../s1. The molecule has 0 aliphatic carbocycles. The largest absolute Gasteiger partial charge is 0.486 e. The van der Waals surface area contributed by atoms with Crippen LogP contribution in [0, 0.1) is 5.92 Å². The number of fused-ring (bicyclic) bond motifs is 1. The van der Waals surface area contributed by atoms with Crippen LogP contribution in [0.15, 0.2) is 97.3 Å². The summed E-state index contributed by atoms with van der Waals surface area (Å²) < 4.78 is 12.6. The van der Waals surface area contributed by atoms with Crippen LogP contribution in [0.25, 0.3) is 0 Å². The lowest BCUT2D eigenvalue weighted by molar-refractivity contribution is 0.0343. The smallest absolute Gasteiger partial charge is 0.258 e. The number of ether oxygens (including phenoxy) is 2. The van der Waals surface area contributed by atoms with Gasteiger partial charge in [0, 0.05) is 43.5 Å². The molecule has 3 atom stereocenters. The number of nitrogens with zero attached hydrogens (tertiary/aromatic N) is 3. The number of pyridine rings is 1. The van der Waals surface area contributed by atoms with E-state index in [1.807, 2.05) is 75.5 Å². The normalized spacial score (nSPS) is 16.1. The zero-order chi connectivity index (χ0) is 31.1. The Morgan fingerprint density at radius 1 is 1.00 bits per heavy atom. The Morgan fingerprint density at radius 2 is 1.66 bits per heavy atom. The number of aliphatic hydroxyl groups excluding tert-OH is 1. The van der Waals surface area contributed by atoms with Crippen LogP contribution in [0.1, 0.15) is 40.1 Å². The highest BCUT2D eigenvalue weighted by molar-refractivity contribution is 7.59. The van der Waals surface area contributed by atoms with Crippen molar-refractivity contribution in [1.82, 2.24) is 14.8 Å². The van der Waals surface area contributed by atoms with Crippen molar-refractivity contribution in [2.24, 2.45) is 5.92 Å². The molecule has 0 unspecified atom stereocenters. The van der Waals surface area contributed by atoms with Gasteiger partial charge >= 0.3 is 0 Å². The molecule has 9 nitrogen and oxygen atoms in total. The average Bonchev–Trinajstić information content (AvgIpc) is 3.04. The van der Waals surface area contributed by atoms with Gasteiger partial charge in [0.1, 0.15) is 17.6 Å². The van der Waals surface area contributed by atoms with Crippen LogP contribution >= 0.6 is 40.5 Å². The van der Waals surface area contributed by atoms with Crippen molar-refractivity contribution in [2.45, 2.75) is 32.5 Å². The van der Waals surface area contributed by atoms with Gasteiger partial charge < -0.3 is 24.8 Å². The van der Waals surface area contributed by atoms with Crippen molar-refractivity contribution in [3.05, 3.63) is 114 Å². The monoisotopic (exact) mass is 696 g/mol. The molecule has 2 amide bonds. The van der Waals surface area contributed by atoms with Crippen molar-refractivity contribution < 1.29 is 24.2 Å². The number of likely N-dealkylation sites (N-methyl/N-ethyl adjacent to an activating group) is 1. The molecular weight excluding hydrogens is 653 g/mol. The molecule has 0 bridgehead atoms. The van der Waals surface area contributed by atoms with Gasteiger partial charge in [0.2, 0.25) is 0 Å². The van der Waals surface area contributed by atoms with Gasteiger partial charge in [-0.2, -0.15) is 40.5 Å². The van der Waals surface area contributed by atoms with Gasteiger partial charge in [-0.05, 0) is 68.1 Å². The molecule has 0 radical (unpaired) electrons. The lowest BCUT2D eigenvalue weighted by Crippen LogP contribution is -2.49. The first-order valence-corrected chi connectivity index (χ1v) is 14.8. The topological polar surface area (TPSA) is 104 Å². The minimum Gasteiger partial charge on any atom is -0.486 e. The highest BCUT2D eigenvalue weighted by atomic mass is 32.1. The third kappa shape index (κ3) is 10.2. The zero-order valence-electron chi connectivity index (χ0n) is 26.7. The molecule has 2 N–H and O–H groups in total. The Hall–Kier alpha value is -3.68. The number of aliphatic hydroxyl groups is 1. The minimum absolute atomic E-state index is 0. The van der Waals surface area contributed by atoms with E-state index in [0.29, 0.717) is 42.2 Å². The van der Waals surface area contributed by atoms with Crippen LogP contribution in [0.2, 0.25) is 0 Å². The third-order valence-corrected chi connectivity index (χ3v) is 7.73. The molecule has 12 heteroatoms. The molecule has 3 aromatic carbocycles. The molecule has 0 saturated heterocycles. The van der Waals surface area contributed by atoms with E-state index in [-0.39, 0.29) is 77.0 Å². The van der Waals surface area contributed by atoms with Gasteiger partial charge in [0.05, 0.1) is 23.9 Å². The maximum Gasteiger partial charge on any atom is 0.258 e. The van der Waals surface area contributed by atoms with Gasteiger partial charge in [-0.15, -0.1) is 0 Å². The van der Waals surface area contributed by atoms with Gasteiger partial charge in [0.25, 0.3) is 11.8 Å². The second-order valence-corrected chi connectivity index (χ2v) is 11.3. The summed E-state index contributed by atoms with van der Waals surface area (Å²) >= 11 is 0. The van der Waals surface area contributed by atoms with Crippen molar-refractivity contribution in [3.8, 4) is 17.2 Å². The fraction of sp³-hybridized carbons (Fsp3) is 0.286. The van der Waals surface area contributed by atoms with E-state index in [1.54, 1.807) is 47.6 Å². The highest BCUT2D eigenvalue weighted by Gasteiger charge is 2.34. The van der Waals surface area contributed by atoms with Crippen LogP contribution in [0.3, 0.4) is 0 Å². The summed E-state index contributed by atoms with van der Waals surface area (Å²) in [6, 6.07) is 25.7. The Kier molecular flexibility index (Phi) is 15.6. The number of anilines is 1. The molecule has 0 saturated carbocycles. The SMILES string of the molecule is C[C@H]1CN([C@@H](C)CO)C(=O)c2cccc(NC(=O)c3ccncc3)c2O[C@@H]1CN(C)Cc1ccc(Oc2ccccc2)cc1.S.S.S. The third-order valence-electron chi connectivity index (χ3n) is 7.73. The number of nitrogens with one attached hydrogen (secondary N) is 1. The fourth-order valence-electron chi connectivity index (χ4n) is 5.23. The summed E-state index contributed by atoms with van der Waals surface area (Å²) in [5.41, 5.74) is 2.30. The number of benzene rings is 3. The van der Waals surface area contributed by atoms with E-state index >= 15 is 0 Å². The van der Waals surface area contributed by atoms with Crippen LogP contribution in [0.5, 0.6) is 17.2 Å². The number of aromatic nitrogens is 1. The molecule has 2 heterocycles. The molecule has 1 aliphatic rings. The molecule has 4 aromatic rings. The quantitative estimate of drug-likeness (QED) is 0.216. The van der Waals surface area contributed by atoms with E-state index < -0.39 is 0 Å². The van der Waals surface area contributed by atoms with Crippen LogP contribution < -0.4 is 14.8 Å². The summed E-state index contributed by atoms with van der Waals surface area (Å²) in [5, 5.41) is 12.9. The lowest BCUT2D eigenvalue weighted by atomic mass is 9.98. The fourth-order valence-corrected chi connectivity index (χ4v) is 5.23. The van der Waals surface area contributed by atoms with Crippen LogP contribution in [-0.4, -0.2) is 70.6 Å². The van der Waals surface area contributed by atoms with E-state index in [4.69, 9.17) is 9.47 Å². The molecule has 0 fully saturated rings. The predicted molar refractivity (Wildman–Crippen MR) is 200 cm³/mol. The number of hydrogen-bond donors (Lipinski definition) is 2. The number of amides is 2. The molecule has 47 heavy (non-hydrogen) atoms. The maximum atomic E-state index is 13.7. The Labute approximate surface area is 297 Å². The minimum atomic E-state index is -0.388. The molecular formula is C35H44N4O5S3. The Balaban J connectivity index is 0.00000256. The van der Waals surface area contributed by atoms with Crippen LogP contribution in [-0.2, 0) is 6.54 Å². The highest BCUT2D eigenvalue weighted by Crippen LogP contribution is 2.35. The first kappa shape index (κ1) is 39.5. The van der Waals surface area contributed by atoms with E-state index in [1.165, 1.54) is 0 Å². The number of hydrogen-bond acceptors (Lipinski definition) is 7. The molecule has 0 spiro atoms. The molecule has 1 aromatic heterocycles. The van der Waals surface area contributed by atoms with E-state index in [2.05, 4.69) is 15.2 Å². The summed E-state index contributed by atoms with van der Waals surface area (Å²) in [5.74, 6) is 1.21. The number of rotatable bonds is 10. The summed E-state index contributed by atoms with van der Waals surface area (Å²) in [4.78, 5) is 34.7. The van der Waals surface area contributed by atoms with Crippen molar-refractivity contribution in [2.75, 3.05) is 32.1 Å². The van der Waals surface area contributed by atoms with Crippen molar-refractivity contribution in [3.63, 3.8) is 0 Å². The maximum absolute atomic E-state index is 13.7. The first-order chi connectivity index (χ1) is 21.3. The predicted octanol–water partition coefficient (Wildman–Crippen LogP) is 5.82. The van der Waals surface area contributed by atoms with Gasteiger partial charge in [-0.1, -0.05) is 43.3 Å². The summed E-state index contributed by atoms with van der Waals surface area (Å²) in [6.07, 6.45) is 2.78. The van der Waals surface area contributed by atoms with Crippen LogP contribution in [0.4, 0.5) is 5.69 Å². The summed E-state index contributed by atoms with van der Waals surface area (Å²) in [6.45, 7) is 5.35. The first-order valence-electron chi connectivity index (χ1n) is 14.8. The molecule has 5 rings (SSSR count). The zero-order valence-corrected chi connectivity index (χ0v) is 29.7. The second kappa shape index (κ2) is 18.6. The van der Waals surface area contributed by atoms with E-state index in [9.17, 15) is 14.7 Å². The van der Waals surface area contributed by atoms with E-state index in [0.717, 1.165) is 17.1 Å². The van der Waals surface area contributed by atoms with Gasteiger partial charge in [-0.25, -0.2) is 0 Å². The number of carbonyl (C=O) groups is 2. The summed E-state index contributed by atoms with van der Waals surface area (Å²) in [7, 11) is 2.03. The Bertz CT molecular complexity index is 1570. The lowest BCUT2D eigenvalue weighted by Gasteiger charge is -2.38. The molecule has 1 aliphatic heterocycles. The van der Waals surface area contributed by atoms with Gasteiger partial charge in [0.15, 0.2) is 5.75 Å². The number of para-hydroxylation sites is 2. The van der Waals surface area contributed by atoms with Crippen molar-refractivity contribution in [1.29, 1.82) is 0 Å². The second-order valence-electron chi connectivity index (χ2n) is 11.3. The van der Waals surface area contributed by atoms with Gasteiger partial charge in [-0.3, -0.25) is 19.5 Å². The Morgan fingerprint density at radius 3 is 2.32 bits per heavy atom. The molecule has 252 valence electrons. The number of carbonyl (C=O) groups excluding carboxylic acids is 2. The average molecular weight is 697 g/mol.